The van der Waals surface area contributed by atoms with Crippen LogP contribution in [0, 0.1) is 0 Å². The van der Waals surface area contributed by atoms with E-state index in [0.29, 0.717) is 6.73 Å². The first-order valence-corrected chi connectivity index (χ1v) is 16.3. The first-order chi connectivity index (χ1) is 16.9. The van der Waals surface area contributed by atoms with E-state index in [4.69, 9.17) is 19.6 Å². The maximum Gasteiger partial charge on any atom is 0.160 e. The van der Waals surface area contributed by atoms with E-state index in [1.165, 1.54) is 24.0 Å². The SMILES string of the molecule is CCCCc1cccc(-c2cnc3c(c2)c(-c2ccccc2OC)nn3COCC[Si](C)(C)C)c1. The zero-order chi connectivity index (χ0) is 24.8. The number of aromatic nitrogens is 3. The van der Waals surface area contributed by atoms with Gasteiger partial charge in [-0.25, -0.2) is 9.67 Å². The maximum absolute atomic E-state index is 6.04. The molecule has 0 unspecified atom stereocenters. The van der Waals surface area contributed by atoms with Crippen LogP contribution >= 0.6 is 0 Å². The number of fused-ring (bicyclic) bond motifs is 1. The van der Waals surface area contributed by atoms with Crippen LogP contribution in [0.2, 0.25) is 25.7 Å². The fourth-order valence-corrected chi connectivity index (χ4v) is 4.92. The molecule has 0 aliphatic rings. The monoisotopic (exact) mass is 487 g/mol. The first kappa shape index (κ1) is 25.1. The van der Waals surface area contributed by atoms with Gasteiger partial charge in [0.25, 0.3) is 0 Å². The Labute approximate surface area is 210 Å². The van der Waals surface area contributed by atoms with Crippen molar-refractivity contribution in [2.75, 3.05) is 13.7 Å². The third-order valence-corrected chi connectivity index (χ3v) is 7.94. The number of methoxy groups -OCH3 is 1. The fourth-order valence-electron chi connectivity index (χ4n) is 4.16. The summed E-state index contributed by atoms with van der Waals surface area (Å²) in [6.07, 6.45) is 5.44. The highest BCUT2D eigenvalue weighted by molar-refractivity contribution is 6.76. The number of unbranched alkanes of at least 4 members (excludes halogenated alkanes) is 1. The molecule has 0 radical (unpaired) electrons. The topological polar surface area (TPSA) is 49.2 Å². The van der Waals surface area contributed by atoms with Crippen LogP contribution in [-0.2, 0) is 17.9 Å². The molecule has 0 aliphatic heterocycles. The van der Waals surface area contributed by atoms with E-state index in [2.05, 4.69) is 63.0 Å². The van der Waals surface area contributed by atoms with Crippen molar-refractivity contribution in [3.63, 3.8) is 0 Å². The average Bonchev–Trinajstić information content (AvgIpc) is 3.22. The van der Waals surface area contributed by atoms with E-state index in [-0.39, 0.29) is 0 Å². The highest BCUT2D eigenvalue weighted by Gasteiger charge is 2.18. The van der Waals surface area contributed by atoms with Crippen molar-refractivity contribution in [3.05, 3.63) is 66.4 Å². The van der Waals surface area contributed by atoms with Gasteiger partial charge in [0.2, 0.25) is 0 Å². The third-order valence-electron chi connectivity index (χ3n) is 6.24. The molecule has 5 nitrogen and oxygen atoms in total. The van der Waals surface area contributed by atoms with E-state index in [1.54, 1.807) is 7.11 Å². The molecule has 184 valence electrons. The standard InChI is InChI=1S/C29H37N3O2Si/c1-6-7-11-22-12-10-13-23(18-22)24-19-26-28(25-14-8-9-15-27(25)33-2)31-32(29(26)30-20-24)21-34-16-17-35(3,4)5/h8-10,12-15,18-20H,6-7,11,16-17,21H2,1-5H3. The molecule has 2 heterocycles. The zero-order valence-electron chi connectivity index (χ0n) is 21.7. The predicted octanol–water partition coefficient (Wildman–Crippen LogP) is 7.43. The van der Waals surface area contributed by atoms with Gasteiger partial charge in [-0.05, 0) is 48.2 Å². The first-order valence-electron chi connectivity index (χ1n) is 12.6. The number of hydrogen-bond donors (Lipinski definition) is 0. The number of rotatable bonds is 11. The summed E-state index contributed by atoms with van der Waals surface area (Å²) in [6, 6.07) is 20.1. The molecule has 0 fully saturated rings. The van der Waals surface area contributed by atoms with Crippen molar-refractivity contribution in [1.82, 2.24) is 14.8 Å². The van der Waals surface area contributed by atoms with Crippen LogP contribution in [0.15, 0.2) is 60.8 Å². The highest BCUT2D eigenvalue weighted by atomic mass is 28.3. The summed E-state index contributed by atoms with van der Waals surface area (Å²) in [5.41, 5.74) is 6.27. The van der Waals surface area contributed by atoms with Crippen LogP contribution < -0.4 is 4.74 Å². The van der Waals surface area contributed by atoms with E-state index in [1.807, 2.05) is 29.1 Å². The molecule has 2 aromatic heterocycles. The Morgan fingerprint density at radius 2 is 1.80 bits per heavy atom. The van der Waals surface area contributed by atoms with Crippen LogP contribution in [0.1, 0.15) is 25.3 Å². The third kappa shape index (κ3) is 6.19. The van der Waals surface area contributed by atoms with Gasteiger partial charge in [0.15, 0.2) is 5.65 Å². The summed E-state index contributed by atoms with van der Waals surface area (Å²) in [4.78, 5) is 4.87. The summed E-state index contributed by atoms with van der Waals surface area (Å²) in [5.74, 6) is 0.797. The van der Waals surface area contributed by atoms with Crippen LogP contribution in [-0.4, -0.2) is 36.6 Å². The van der Waals surface area contributed by atoms with Crippen molar-refractivity contribution in [2.45, 2.75) is 58.6 Å². The maximum atomic E-state index is 6.04. The Morgan fingerprint density at radius 3 is 2.57 bits per heavy atom. The molecule has 0 saturated heterocycles. The van der Waals surface area contributed by atoms with E-state index in [0.717, 1.165) is 52.7 Å². The van der Waals surface area contributed by atoms with Crippen molar-refractivity contribution in [3.8, 4) is 28.1 Å². The quantitative estimate of drug-likeness (QED) is 0.163. The Morgan fingerprint density at radius 1 is 0.971 bits per heavy atom. The number of pyridine rings is 1. The van der Waals surface area contributed by atoms with Crippen molar-refractivity contribution >= 4 is 19.1 Å². The molecule has 0 N–H and O–H groups in total. The highest BCUT2D eigenvalue weighted by Crippen LogP contribution is 2.35. The molecule has 4 aromatic rings. The molecule has 0 bridgehead atoms. The average molecular weight is 488 g/mol. The molecular weight excluding hydrogens is 450 g/mol. The lowest BCUT2D eigenvalue weighted by Gasteiger charge is -2.15. The number of ether oxygens (including phenoxy) is 2. The van der Waals surface area contributed by atoms with Gasteiger partial charge in [-0.15, -0.1) is 0 Å². The molecule has 0 saturated carbocycles. The van der Waals surface area contributed by atoms with Crippen molar-refractivity contribution in [2.24, 2.45) is 0 Å². The number of benzene rings is 2. The Hall–Kier alpha value is -2.96. The second-order valence-corrected chi connectivity index (χ2v) is 15.9. The number of aryl methyl sites for hydroxylation is 1. The van der Waals surface area contributed by atoms with Crippen LogP contribution in [0.3, 0.4) is 0 Å². The molecule has 2 aromatic carbocycles. The van der Waals surface area contributed by atoms with Crippen molar-refractivity contribution in [1.29, 1.82) is 0 Å². The second kappa shape index (κ2) is 11.2. The van der Waals surface area contributed by atoms with Crippen molar-refractivity contribution < 1.29 is 9.47 Å². The van der Waals surface area contributed by atoms with Crippen LogP contribution in [0.5, 0.6) is 5.75 Å². The molecule has 0 amide bonds. The normalized spacial score (nSPS) is 11.8. The lowest BCUT2D eigenvalue weighted by atomic mass is 10.00. The molecular formula is C29H37N3O2Si. The summed E-state index contributed by atoms with van der Waals surface area (Å²) in [6.45, 7) is 10.4. The van der Waals surface area contributed by atoms with Gasteiger partial charge in [-0.3, -0.25) is 0 Å². The van der Waals surface area contributed by atoms with Gasteiger partial charge >= 0.3 is 0 Å². The Bertz CT molecular complexity index is 1280. The van der Waals surface area contributed by atoms with E-state index in [9.17, 15) is 0 Å². The minimum Gasteiger partial charge on any atom is -0.496 e. The summed E-state index contributed by atoms with van der Waals surface area (Å²) in [5, 5.41) is 5.96. The van der Waals surface area contributed by atoms with Gasteiger partial charge < -0.3 is 9.47 Å². The summed E-state index contributed by atoms with van der Waals surface area (Å²) in [7, 11) is 0.543. The Kier molecular flexibility index (Phi) is 8.03. The zero-order valence-corrected chi connectivity index (χ0v) is 22.7. The lowest BCUT2D eigenvalue weighted by Crippen LogP contribution is -2.22. The minimum absolute atomic E-state index is 0.384. The molecule has 6 heteroatoms. The smallest absolute Gasteiger partial charge is 0.160 e. The number of hydrogen-bond acceptors (Lipinski definition) is 4. The number of para-hydroxylation sites is 1. The van der Waals surface area contributed by atoms with E-state index >= 15 is 0 Å². The summed E-state index contributed by atoms with van der Waals surface area (Å²) < 4.78 is 13.6. The second-order valence-electron chi connectivity index (χ2n) is 10.3. The Balaban J connectivity index is 1.74. The van der Waals surface area contributed by atoms with Crippen LogP contribution in [0.25, 0.3) is 33.4 Å². The summed E-state index contributed by atoms with van der Waals surface area (Å²) >= 11 is 0. The molecule has 0 aliphatic carbocycles. The van der Waals surface area contributed by atoms with Gasteiger partial charge in [0.05, 0.1) is 7.11 Å². The largest absolute Gasteiger partial charge is 0.496 e. The van der Waals surface area contributed by atoms with Gasteiger partial charge in [0, 0.05) is 37.4 Å². The molecule has 35 heavy (non-hydrogen) atoms. The predicted molar refractivity (Wildman–Crippen MR) is 148 cm³/mol. The van der Waals surface area contributed by atoms with Crippen LogP contribution in [0.4, 0.5) is 0 Å². The molecule has 0 spiro atoms. The molecule has 4 rings (SSSR count). The fraction of sp³-hybridized carbons (Fsp3) is 0.379. The van der Waals surface area contributed by atoms with Gasteiger partial charge in [0.1, 0.15) is 18.2 Å². The molecule has 0 atom stereocenters. The number of nitrogens with zero attached hydrogens (tertiary/aromatic N) is 3. The minimum atomic E-state index is -1.15. The van der Waals surface area contributed by atoms with Gasteiger partial charge in [-0.1, -0.05) is 69.4 Å². The lowest BCUT2D eigenvalue weighted by molar-refractivity contribution is 0.0814. The van der Waals surface area contributed by atoms with E-state index < -0.39 is 8.07 Å². The van der Waals surface area contributed by atoms with Gasteiger partial charge in [-0.2, -0.15) is 5.10 Å².